The van der Waals surface area contributed by atoms with Crippen LogP contribution in [0.3, 0.4) is 0 Å². The van der Waals surface area contributed by atoms with E-state index in [0.717, 1.165) is 23.0 Å². The van der Waals surface area contributed by atoms with Gasteiger partial charge in [0.1, 0.15) is 11.2 Å². The Balaban J connectivity index is 2.11. The maximum Gasteiger partial charge on any atom is 0.343 e. The zero-order valence-electron chi connectivity index (χ0n) is 13.0. The van der Waals surface area contributed by atoms with E-state index in [0.29, 0.717) is 0 Å². The van der Waals surface area contributed by atoms with Crippen molar-refractivity contribution < 1.29 is 14.6 Å². The van der Waals surface area contributed by atoms with Crippen molar-refractivity contribution in [1.82, 2.24) is 15.0 Å². The second-order valence-corrected chi connectivity index (χ2v) is 5.70. The maximum absolute atomic E-state index is 11.9. The molecule has 26 heavy (non-hydrogen) atoms. The maximum atomic E-state index is 11.9. The lowest BCUT2D eigenvalue weighted by Gasteiger charge is -2.03. The average Bonchev–Trinajstić information content (AvgIpc) is 2.90. The molecule has 0 aliphatic carbocycles. The van der Waals surface area contributed by atoms with E-state index in [2.05, 4.69) is 15.5 Å². The highest BCUT2D eigenvalue weighted by Crippen LogP contribution is 2.29. The van der Waals surface area contributed by atoms with Crippen molar-refractivity contribution in [1.29, 1.82) is 0 Å². The van der Waals surface area contributed by atoms with E-state index in [1.54, 1.807) is 0 Å². The predicted molar refractivity (Wildman–Crippen MR) is 92.5 cm³/mol. The molecule has 136 valence electrons. The fraction of sp³-hybridized carbons (Fsp3) is 0.154. The Morgan fingerprint density at radius 1 is 1.31 bits per heavy atom. The van der Waals surface area contributed by atoms with Gasteiger partial charge in [-0.05, 0) is 11.0 Å². The van der Waals surface area contributed by atoms with Crippen molar-refractivity contribution in [2.45, 2.75) is 13.5 Å². The molecule has 0 radical (unpaired) electrons. The summed E-state index contributed by atoms with van der Waals surface area (Å²) < 4.78 is 1.10. The van der Waals surface area contributed by atoms with E-state index in [1.807, 2.05) is 0 Å². The van der Waals surface area contributed by atoms with Crippen LogP contribution in [0, 0.1) is 27.2 Å². The van der Waals surface area contributed by atoms with Crippen molar-refractivity contribution in [3.63, 3.8) is 0 Å². The van der Waals surface area contributed by atoms with Gasteiger partial charge in [0.05, 0.1) is 16.2 Å². The standard InChI is InChI=1S/C13H10Cl2N6O5/c1-7-16-5-13(21(25)26)19(7)6-12(22)18-17-4-8-2-11(20(23)24)10(15)3-9(8)14/h2-5H,6H2,1H3,(H,18,22)/b17-4-. The van der Waals surface area contributed by atoms with Crippen LogP contribution in [0.4, 0.5) is 11.5 Å². The van der Waals surface area contributed by atoms with Crippen LogP contribution in [0.15, 0.2) is 23.4 Å². The molecule has 0 saturated carbocycles. The number of nitrogens with zero attached hydrogens (tertiary/aromatic N) is 5. The molecule has 0 spiro atoms. The highest BCUT2D eigenvalue weighted by Gasteiger charge is 2.20. The number of nitro benzene ring substituents is 1. The van der Waals surface area contributed by atoms with Gasteiger partial charge in [0.15, 0.2) is 12.4 Å². The van der Waals surface area contributed by atoms with E-state index < -0.39 is 15.8 Å². The van der Waals surface area contributed by atoms with Gasteiger partial charge in [0.2, 0.25) is 0 Å². The lowest BCUT2D eigenvalue weighted by Crippen LogP contribution is -2.24. The molecule has 1 amide bonds. The first-order chi connectivity index (χ1) is 12.2. The smallest absolute Gasteiger partial charge is 0.343 e. The summed E-state index contributed by atoms with van der Waals surface area (Å²) in [5, 5.41) is 25.3. The number of amides is 1. The summed E-state index contributed by atoms with van der Waals surface area (Å²) in [6.07, 6.45) is 2.14. The predicted octanol–water partition coefficient (Wildman–Crippen LogP) is 2.47. The lowest BCUT2D eigenvalue weighted by atomic mass is 10.2. The molecule has 0 aliphatic rings. The molecule has 1 N–H and O–H groups in total. The van der Waals surface area contributed by atoms with E-state index in [4.69, 9.17) is 23.2 Å². The number of nitrogens with one attached hydrogen (secondary N) is 1. The normalized spacial score (nSPS) is 10.9. The summed E-state index contributed by atoms with van der Waals surface area (Å²) in [7, 11) is 0. The number of hydrogen-bond donors (Lipinski definition) is 1. The first-order valence-corrected chi connectivity index (χ1v) is 7.58. The number of carbonyl (C=O) groups is 1. The molecule has 1 aromatic heterocycles. The van der Waals surface area contributed by atoms with Gasteiger partial charge < -0.3 is 10.1 Å². The van der Waals surface area contributed by atoms with Crippen molar-refractivity contribution >= 4 is 46.8 Å². The summed E-state index contributed by atoms with van der Waals surface area (Å²) in [5.41, 5.74) is 1.94. The summed E-state index contributed by atoms with van der Waals surface area (Å²) >= 11 is 11.6. The van der Waals surface area contributed by atoms with Crippen molar-refractivity contribution in [2.24, 2.45) is 5.10 Å². The number of hydrazone groups is 1. The van der Waals surface area contributed by atoms with Crippen molar-refractivity contribution in [2.75, 3.05) is 0 Å². The number of carbonyl (C=O) groups excluding carboxylic acids is 1. The fourth-order valence-electron chi connectivity index (χ4n) is 1.94. The van der Waals surface area contributed by atoms with Crippen LogP contribution < -0.4 is 5.43 Å². The Hall–Kier alpha value is -3.05. The molecule has 0 atom stereocenters. The highest BCUT2D eigenvalue weighted by atomic mass is 35.5. The summed E-state index contributed by atoms with van der Waals surface area (Å²) in [5.74, 6) is -0.713. The SMILES string of the molecule is Cc1ncc([N+](=O)[O-])n1CC(=O)N/N=C\c1cc([N+](=O)[O-])c(Cl)cc1Cl. The second-order valence-electron chi connectivity index (χ2n) is 4.88. The Labute approximate surface area is 155 Å². The van der Waals surface area contributed by atoms with Gasteiger partial charge in [0.25, 0.3) is 11.6 Å². The number of aromatic nitrogens is 2. The zero-order chi connectivity index (χ0) is 19.4. The van der Waals surface area contributed by atoms with Gasteiger partial charge in [-0.2, -0.15) is 5.10 Å². The first kappa shape index (κ1) is 19.3. The van der Waals surface area contributed by atoms with E-state index in [-0.39, 0.29) is 39.5 Å². The van der Waals surface area contributed by atoms with Crippen LogP contribution in [-0.4, -0.2) is 31.5 Å². The largest absolute Gasteiger partial charge is 0.358 e. The molecule has 0 saturated heterocycles. The molecule has 2 rings (SSSR count). The third-order valence-corrected chi connectivity index (χ3v) is 3.81. The van der Waals surface area contributed by atoms with E-state index >= 15 is 0 Å². The minimum atomic E-state index is -0.685. The number of halogens is 2. The van der Waals surface area contributed by atoms with Gasteiger partial charge in [-0.3, -0.25) is 14.9 Å². The van der Waals surface area contributed by atoms with Gasteiger partial charge in [0, 0.05) is 18.6 Å². The third kappa shape index (κ3) is 4.32. The molecule has 0 unspecified atom stereocenters. The fourth-order valence-corrected chi connectivity index (χ4v) is 2.44. The average molecular weight is 401 g/mol. The van der Waals surface area contributed by atoms with E-state index in [1.165, 1.54) is 13.0 Å². The molecule has 13 heteroatoms. The Morgan fingerprint density at radius 3 is 2.62 bits per heavy atom. The number of imidazole rings is 1. The van der Waals surface area contributed by atoms with Crippen LogP contribution in [0.5, 0.6) is 0 Å². The van der Waals surface area contributed by atoms with Crippen LogP contribution in [0.25, 0.3) is 0 Å². The van der Waals surface area contributed by atoms with Crippen molar-refractivity contribution in [3.8, 4) is 0 Å². The molecule has 0 bridgehead atoms. The van der Waals surface area contributed by atoms with Gasteiger partial charge in [-0.1, -0.05) is 23.2 Å². The molecule has 1 heterocycles. The van der Waals surface area contributed by atoms with Crippen LogP contribution in [0.1, 0.15) is 11.4 Å². The number of rotatable bonds is 6. The first-order valence-electron chi connectivity index (χ1n) is 6.82. The van der Waals surface area contributed by atoms with Gasteiger partial charge in [-0.25, -0.2) is 15.0 Å². The van der Waals surface area contributed by atoms with Gasteiger partial charge >= 0.3 is 5.82 Å². The zero-order valence-corrected chi connectivity index (χ0v) is 14.6. The number of aryl methyl sites for hydroxylation is 1. The topological polar surface area (TPSA) is 146 Å². The molecule has 11 nitrogen and oxygen atoms in total. The number of benzene rings is 1. The molecule has 2 aromatic rings. The Morgan fingerprint density at radius 2 is 2.00 bits per heavy atom. The summed E-state index contributed by atoms with van der Waals surface area (Å²) in [6, 6.07) is 2.29. The third-order valence-electron chi connectivity index (χ3n) is 3.18. The molecule has 1 aromatic carbocycles. The van der Waals surface area contributed by atoms with Crippen LogP contribution in [0.2, 0.25) is 10.0 Å². The highest BCUT2D eigenvalue weighted by molar-refractivity contribution is 6.37. The van der Waals surface area contributed by atoms with Gasteiger partial charge in [-0.15, -0.1) is 0 Å². The quantitative estimate of drug-likeness (QED) is 0.447. The van der Waals surface area contributed by atoms with Crippen LogP contribution >= 0.6 is 23.2 Å². The van der Waals surface area contributed by atoms with Crippen LogP contribution in [-0.2, 0) is 11.3 Å². The minimum absolute atomic E-state index is 0.0969. The van der Waals surface area contributed by atoms with E-state index in [9.17, 15) is 25.0 Å². The van der Waals surface area contributed by atoms with Crippen molar-refractivity contribution in [3.05, 3.63) is 60.0 Å². The molecular weight excluding hydrogens is 391 g/mol. The minimum Gasteiger partial charge on any atom is -0.358 e. The summed E-state index contributed by atoms with van der Waals surface area (Å²) in [4.78, 5) is 36.0. The molecule has 0 fully saturated rings. The molecule has 0 aliphatic heterocycles. The second kappa shape index (κ2) is 7.89. The lowest BCUT2D eigenvalue weighted by molar-refractivity contribution is -0.392. The summed E-state index contributed by atoms with van der Waals surface area (Å²) in [6.45, 7) is 1.13. The molecular formula is C13H10Cl2N6O5. The monoisotopic (exact) mass is 400 g/mol. The number of hydrogen-bond acceptors (Lipinski definition) is 7. The number of nitro groups is 2. The Kier molecular flexibility index (Phi) is 5.85. The Bertz CT molecular complexity index is 926.